The average molecular weight is 354 g/mol. The van der Waals surface area contributed by atoms with E-state index in [1.165, 1.54) is 4.88 Å². The minimum absolute atomic E-state index is 0.679. The highest BCUT2D eigenvalue weighted by molar-refractivity contribution is 7.11. The number of rotatable bonds is 5. The van der Waals surface area contributed by atoms with Crippen LogP contribution >= 0.6 is 11.3 Å². The number of aromatic nitrogens is 3. The first-order chi connectivity index (χ1) is 12.2. The van der Waals surface area contributed by atoms with Crippen molar-refractivity contribution >= 4 is 17.3 Å². The second-order valence-electron chi connectivity index (χ2n) is 5.75. The molecule has 0 aliphatic rings. The molecular formula is C18H22N6S. The number of para-hydroxylation sites is 1. The van der Waals surface area contributed by atoms with Gasteiger partial charge in [-0.25, -0.2) is 9.67 Å². The number of hydrogen-bond donors (Lipinski definition) is 1. The lowest BCUT2D eigenvalue weighted by atomic mass is 10.3. The molecule has 0 amide bonds. The van der Waals surface area contributed by atoms with Gasteiger partial charge in [0.15, 0.2) is 5.96 Å². The highest BCUT2D eigenvalue weighted by Gasteiger charge is 2.09. The Bertz CT molecular complexity index is 836. The highest BCUT2D eigenvalue weighted by atomic mass is 32.1. The summed E-state index contributed by atoms with van der Waals surface area (Å²) in [5.41, 5.74) is 2.18. The van der Waals surface area contributed by atoms with Crippen molar-refractivity contribution in [3.05, 3.63) is 64.4 Å². The van der Waals surface area contributed by atoms with Gasteiger partial charge in [0.25, 0.3) is 0 Å². The topological polar surface area (TPSA) is 58.3 Å². The summed E-state index contributed by atoms with van der Waals surface area (Å²) in [4.78, 5) is 12.0. The van der Waals surface area contributed by atoms with Crippen molar-refractivity contribution in [1.82, 2.24) is 25.0 Å². The summed E-state index contributed by atoms with van der Waals surface area (Å²) in [6.07, 6.45) is 5.83. The van der Waals surface area contributed by atoms with Crippen molar-refractivity contribution in [1.29, 1.82) is 0 Å². The lowest BCUT2D eigenvalue weighted by Gasteiger charge is -2.21. The molecule has 0 radical (unpaired) electrons. The Morgan fingerprint density at radius 3 is 2.76 bits per heavy atom. The molecule has 2 heterocycles. The molecular weight excluding hydrogens is 332 g/mol. The average Bonchev–Trinajstić information content (AvgIpc) is 3.25. The van der Waals surface area contributed by atoms with Gasteiger partial charge in [-0.2, -0.15) is 5.10 Å². The van der Waals surface area contributed by atoms with Crippen molar-refractivity contribution in [3.8, 4) is 5.69 Å². The smallest absolute Gasteiger partial charge is 0.194 e. The van der Waals surface area contributed by atoms with Crippen LogP contribution < -0.4 is 5.32 Å². The number of hydrogen-bond acceptors (Lipinski definition) is 4. The largest absolute Gasteiger partial charge is 0.350 e. The van der Waals surface area contributed by atoms with E-state index in [1.54, 1.807) is 18.4 Å². The van der Waals surface area contributed by atoms with Crippen molar-refractivity contribution in [2.75, 3.05) is 14.1 Å². The quantitative estimate of drug-likeness (QED) is 0.565. The Labute approximate surface area is 151 Å². The Hall–Kier alpha value is -2.67. The van der Waals surface area contributed by atoms with E-state index in [2.05, 4.69) is 32.2 Å². The first kappa shape index (κ1) is 17.2. The molecule has 25 heavy (non-hydrogen) atoms. The van der Waals surface area contributed by atoms with E-state index in [4.69, 9.17) is 0 Å². The van der Waals surface area contributed by atoms with E-state index in [0.717, 1.165) is 28.8 Å². The summed E-state index contributed by atoms with van der Waals surface area (Å²) in [5, 5.41) is 8.86. The van der Waals surface area contributed by atoms with Crippen LogP contribution in [0.5, 0.6) is 0 Å². The van der Waals surface area contributed by atoms with Gasteiger partial charge in [-0.15, -0.1) is 11.3 Å². The van der Waals surface area contributed by atoms with Crippen LogP contribution in [0.2, 0.25) is 0 Å². The van der Waals surface area contributed by atoms with Gasteiger partial charge < -0.3 is 10.2 Å². The van der Waals surface area contributed by atoms with Crippen LogP contribution in [-0.4, -0.2) is 39.7 Å². The van der Waals surface area contributed by atoms with Crippen LogP contribution in [-0.2, 0) is 13.1 Å². The molecule has 6 nitrogen and oxygen atoms in total. The summed E-state index contributed by atoms with van der Waals surface area (Å²) >= 11 is 1.70. The third-order valence-corrected chi connectivity index (χ3v) is 4.63. The number of nitrogens with zero attached hydrogens (tertiary/aromatic N) is 5. The van der Waals surface area contributed by atoms with Crippen LogP contribution in [0.3, 0.4) is 0 Å². The molecule has 0 saturated heterocycles. The van der Waals surface area contributed by atoms with Crippen LogP contribution in [0.25, 0.3) is 5.69 Å². The van der Waals surface area contributed by atoms with Crippen LogP contribution in [0.1, 0.15) is 15.4 Å². The third kappa shape index (κ3) is 4.45. The van der Waals surface area contributed by atoms with Crippen molar-refractivity contribution in [2.24, 2.45) is 4.99 Å². The first-order valence-electron chi connectivity index (χ1n) is 8.08. The molecule has 0 atom stereocenters. The highest BCUT2D eigenvalue weighted by Crippen LogP contribution is 2.11. The van der Waals surface area contributed by atoms with Gasteiger partial charge in [0.2, 0.25) is 0 Å². The van der Waals surface area contributed by atoms with E-state index in [1.807, 2.05) is 60.7 Å². The number of aliphatic imine (C=N–C) groups is 1. The molecule has 1 aromatic carbocycles. The van der Waals surface area contributed by atoms with Crippen LogP contribution in [0, 0.1) is 6.92 Å². The fourth-order valence-corrected chi connectivity index (χ4v) is 3.26. The minimum atomic E-state index is 0.679. The lowest BCUT2D eigenvalue weighted by molar-refractivity contribution is 0.476. The van der Waals surface area contributed by atoms with E-state index in [-0.39, 0.29) is 0 Å². The summed E-state index contributed by atoms with van der Waals surface area (Å²) in [7, 11) is 3.81. The van der Waals surface area contributed by atoms with Gasteiger partial charge in [-0.1, -0.05) is 18.2 Å². The molecule has 3 rings (SSSR count). The van der Waals surface area contributed by atoms with Crippen molar-refractivity contribution in [3.63, 3.8) is 0 Å². The molecule has 0 fully saturated rings. The maximum Gasteiger partial charge on any atom is 0.194 e. The SMILES string of the molecule is CN=C(NCc1ncc(C)s1)N(C)Cc1cnn(-c2ccccc2)c1. The number of guanidine groups is 1. The maximum absolute atomic E-state index is 4.44. The van der Waals surface area contributed by atoms with Crippen LogP contribution in [0.4, 0.5) is 0 Å². The Morgan fingerprint density at radius 2 is 2.08 bits per heavy atom. The van der Waals surface area contributed by atoms with E-state index < -0.39 is 0 Å². The summed E-state index contributed by atoms with van der Waals surface area (Å²) in [5.74, 6) is 0.834. The fourth-order valence-electron chi connectivity index (χ4n) is 2.53. The van der Waals surface area contributed by atoms with Gasteiger partial charge in [0.05, 0.1) is 18.4 Å². The second kappa shape index (κ2) is 7.94. The molecule has 0 bridgehead atoms. The summed E-state index contributed by atoms with van der Waals surface area (Å²) in [6.45, 7) is 3.47. The lowest BCUT2D eigenvalue weighted by Crippen LogP contribution is -2.37. The van der Waals surface area contributed by atoms with Crippen molar-refractivity contribution < 1.29 is 0 Å². The second-order valence-corrected chi connectivity index (χ2v) is 7.07. The molecule has 0 aliphatic heterocycles. The van der Waals surface area contributed by atoms with Gasteiger partial charge in [-0.3, -0.25) is 4.99 Å². The zero-order valence-electron chi connectivity index (χ0n) is 14.7. The molecule has 7 heteroatoms. The molecule has 0 saturated carbocycles. The molecule has 1 N–H and O–H groups in total. The summed E-state index contributed by atoms with van der Waals surface area (Å²) < 4.78 is 1.89. The van der Waals surface area contributed by atoms with Crippen LogP contribution in [0.15, 0.2) is 53.9 Å². The van der Waals surface area contributed by atoms with Gasteiger partial charge in [0.1, 0.15) is 5.01 Å². The summed E-state index contributed by atoms with van der Waals surface area (Å²) in [6, 6.07) is 10.1. The number of aryl methyl sites for hydroxylation is 1. The van der Waals surface area contributed by atoms with E-state index in [9.17, 15) is 0 Å². The standard InChI is InChI=1S/C18H22N6S/c1-14-9-20-17(25-14)11-21-18(19-2)23(3)12-15-10-22-24(13-15)16-7-5-4-6-8-16/h4-10,13H,11-12H2,1-3H3,(H,19,21). The first-order valence-corrected chi connectivity index (χ1v) is 8.89. The molecule has 0 spiro atoms. The van der Waals surface area contributed by atoms with Gasteiger partial charge in [-0.05, 0) is 19.1 Å². The number of benzene rings is 1. The molecule has 130 valence electrons. The zero-order valence-corrected chi connectivity index (χ0v) is 15.5. The van der Waals surface area contributed by atoms with Gasteiger partial charge >= 0.3 is 0 Å². The number of thiazole rings is 1. The molecule has 2 aromatic heterocycles. The Morgan fingerprint density at radius 1 is 1.28 bits per heavy atom. The predicted octanol–water partition coefficient (Wildman–Crippen LogP) is 2.84. The molecule has 0 unspecified atom stereocenters. The predicted molar refractivity (Wildman–Crippen MR) is 102 cm³/mol. The number of nitrogens with one attached hydrogen (secondary N) is 1. The normalized spacial score (nSPS) is 11.6. The zero-order chi connectivity index (χ0) is 17.6. The minimum Gasteiger partial charge on any atom is -0.350 e. The Kier molecular flexibility index (Phi) is 5.45. The molecule has 3 aromatic rings. The third-order valence-electron chi connectivity index (χ3n) is 3.72. The fraction of sp³-hybridized carbons (Fsp3) is 0.278. The molecule has 0 aliphatic carbocycles. The monoisotopic (exact) mass is 354 g/mol. The van der Waals surface area contributed by atoms with E-state index in [0.29, 0.717) is 6.54 Å². The van der Waals surface area contributed by atoms with Gasteiger partial charge in [0, 0.05) is 43.5 Å². The Balaban J connectivity index is 1.60. The van der Waals surface area contributed by atoms with E-state index >= 15 is 0 Å². The van der Waals surface area contributed by atoms with Crippen molar-refractivity contribution in [2.45, 2.75) is 20.0 Å². The maximum atomic E-state index is 4.44.